The molecule has 4 nitrogen and oxygen atoms in total. The Morgan fingerprint density at radius 1 is 1.14 bits per heavy atom. The lowest BCUT2D eigenvalue weighted by molar-refractivity contribution is 0.0948. The van der Waals surface area contributed by atoms with Crippen molar-refractivity contribution in [3.63, 3.8) is 0 Å². The predicted molar refractivity (Wildman–Crippen MR) is 76.5 cm³/mol. The van der Waals surface area contributed by atoms with Crippen molar-refractivity contribution in [3.05, 3.63) is 53.6 Å². The van der Waals surface area contributed by atoms with E-state index in [2.05, 4.69) is 15.6 Å². The maximum Gasteiger partial charge on any atom is 0.269 e. The lowest BCUT2D eigenvalue weighted by Crippen LogP contribution is -2.24. The highest BCUT2D eigenvalue weighted by Crippen LogP contribution is 2.23. The summed E-state index contributed by atoms with van der Waals surface area (Å²) in [6, 6.07) is 4.84. The molecule has 0 aliphatic heterocycles. The van der Waals surface area contributed by atoms with Gasteiger partial charge in [-0.15, -0.1) is 0 Å². The molecule has 0 radical (unpaired) electrons. The predicted octanol–water partition coefficient (Wildman–Crippen LogP) is 3.38. The van der Waals surface area contributed by atoms with Crippen LogP contribution in [0.4, 0.5) is 24.5 Å². The minimum absolute atomic E-state index is 0.213. The number of anilines is 2. The van der Waals surface area contributed by atoms with Crippen molar-refractivity contribution in [2.75, 3.05) is 11.9 Å². The molecule has 0 saturated heterocycles. The van der Waals surface area contributed by atoms with Crippen molar-refractivity contribution in [1.29, 1.82) is 0 Å². The van der Waals surface area contributed by atoms with Crippen molar-refractivity contribution < 1.29 is 18.0 Å². The second-order valence-electron chi connectivity index (χ2n) is 4.54. The zero-order valence-electron chi connectivity index (χ0n) is 11.8. The van der Waals surface area contributed by atoms with Crippen molar-refractivity contribution in [1.82, 2.24) is 10.3 Å². The molecule has 116 valence electrons. The van der Waals surface area contributed by atoms with E-state index in [1.54, 1.807) is 0 Å². The number of carbonyl (C=O) groups is 1. The fourth-order valence-electron chi connectivity index (χ4n) is 1.71. The van der Waals surface area contributed by atoms with E-state index in [4.69, 9.17) is 0 Å². The molecule has 7 heteroatoms. The van der Waals surface area contributed by atoms with Crippen molar-refractivity contribution in [2.45, 2.75) is 13.3 Å². The number of aromatic nitrogens is 1. The summed E-state index contributed by atoms with van der Waals surface area (Å²) in [5, 5.41) is 5.24. The third kappa shape index (κ3) is 3.55. The summed E-state index contributed by atoms with van der Waals surface area (Å²) < 4.78 is 39.5. The van der Waals surface area contributed by atoms with Gasteiger partial charge in [0.05, 0.1) is 17.6 Å². The Morgan fingerprint density at radius 2 is 1.91 bits per heavy atom. The molecule has 2 N–H and O–H groups in total. The van der Waals surface area contributed by atoms with E-state index in [1.165, 1.54) is 18.3 Å². The van der Waals surface area contributed by atoms with E-state index in [1.807, 2.05) is 6.92 Å². The molecule has 0 unspecified atom stereocenters. The first-order valence-corrected chi connectivity index (χ1v) is 6.67. The largest absolute Gasteiger partial charge is 0.352 e. The molecule has 0 aliphatic rings. The van der Waals surface area contributed by atoms with Crippen molar-refractivity contribution in [2.24, 2.45) is 0 Å². The van der Waals surface area contributed by atoms with Gasteiger partial charge in [-0.25, -0.2) is 18.2 Å². The summed E-state index contributed by atoms with van der Waals surface area (Å²) in [6.07, 6.45) is 2.11. The van der Waals surface area contributed by atoms with E-state index in [0.29, 0.717) is 12.2 Å². The summed E-state index contributed by atoms with van der Waals surface area (Å²) in [5.41, 5.74) is 0.339. The number of amides is 1. The molecule has 1 heterocycles. The first-order valence-electron chi connectivity index (χ1n) is 6.67. The number of benzene rings is 1. The first-order chi connectivity index (χ1) is 10.5. The van der Waals surface area contributed by atoms with Crippen LogP contribution in [0.15, 0.2) is 30.5 Å². The maximum atomic E-state index is 13.5. The molecule has 2 rings (SSSR count). The van der Waals surface area contributed by atoms with Crippen LogP contribution in [0.2, 0.25) is 0 Å². The minimum atomic E-state index is -1.55. The monoisotopic (exact) mass is 309 g/mol. The first kappa shape index (κ1) is 15.8. The molecule has 0 atom stereocenters. The molecular formula is C15H14F3N3O. The van der Waals surface area contributed by atoms with Crippen LogP contribution in [0, 0.1) is 17.5 Å². The van der Waals surface area contributed by atoms with Crippen molar-refractivity contribution in [3.8, 4) is 0 Å². The highest BCUT2D eigenvalue weighted by Gasteiger charge is 2.13. The van der Waals surface area contributed by atoms with Gasteiger partial charge in [-0.05, 0) is 30.7 Å². The van der Waals surface area contributed by atoms with Crippen LogP contribution < -0.4 is 10.6 Å². The van der Waals surface area contributed by atoms with E-state index < -0.39 is 17.5 Å². The Labute approximate surface area is 125 Å². The van der Waals surface area contributed by atoms with Crippen LogP contribution in [-0.2, 0) is 0 Å². The van der Waals surface area contributed by atoms with Crippen LogP contribution in [-0.4, -0.2) is 17.4 Å². The average Bonchev–Trinajstić information content (AvgIpc) is 2.54. The maximum absolute atomic E-state index is 13.5. The van der Waals surface area contributed by atoms with Gasteiger partial charge in [0, 0.05) is 6.54 Å². The van der Waals surface area contributed by atoms with E-state index >= 15 is 0 Å². The quantitative estimate of drug-likeness (QED) is 0.833. The average molecular weight is 309 g/mol. The van der Waals surface area contributed by atoms with Gasteiger partial charge in [0.15, 0.2) is 17.5 Å². The Morgan fingerprint density at radius 3 is 2.55 bits per heavy atom. The number of nitrogens with zero attached hydrogens (tertiary/aromatic N) is 1. The Hall–Kier alpha value is -2.57. The van der Waals surface area contributed by atoms with E-state index in [-0.39, 0.29) is 17.3 Å². The number of hydrogen-bond acceptors (Lipinski definition) is 3. The lowest BCUT2D eigenvalue weighted by Gasteiger charge is -2.09. The number of hydrogen-bond donors (Lipinski definition) is 2. The fourth-order valence-corrected chi connectivity index (χ4v) is 1.71. The molecular weight excluding hydrogens is 295 g/mol. The van der Waals surface area contributed by atoms with Crippen molar-refractivity contribution >= 4 is 17.3 Å². The van der Waals surface area contributed by atoms with Gasteiger partial charge in [-0.1, -0.05) is 6.92 Å². The Balaban J connectivity index is 2.12. The zero-order chi connectivity index (χ0) is 16.1. The van der Waals surface area contributed by atoms with Gasteiger partial charge in [0.25, 0.3) is 5.91 Å². The van der Waals surface area contributed by atoms with E-state index in [9.17, 15) is 18.0 Å². The molecule has 1 amide bonds. The number of carbonyl (C=O) groups excluding carboxylic acids is 1. The molecule has 1 aromatic carbocycles. The number of pyridine rings is 1. The fraction of sp³-hybridized carbons (Fsp3) is 0.200. The molecule has 0 bridgehead atoms. The summed E-state index contributed by atoms with van der Waals surface area (Å²) in [5.74, 6) is -4.44. The summed E-state index contributed by atoms with van der Waals surface area (Å²) in [4.78, 5) is 15.6. The van der Waals surface area contributed by atoms with Gasteiger partial charge >= 0.3 is 0 Å². The van der Waals surface area contributed by atoms with Crippen LogP contribution in [0.25, 0.3) is 0 Å². The number of rotatable bonds is 5. The van der Waals surface area contributed by atoms with Gasteiger partial charge < -0.3 is 10.6 Å². The molecule has 22 heavy (non-hydrogen) atoms. The van der Waals surface area contributed by atoms with E-state index in [0.717, 1.165) is 18.6 Å². The summed E-state index contributed by atoms with van der Waals surface area (Å²) in [6.45, 7) is 2.47. The highest BCUT2D eigenvalue weighted by molar-refractivity contribution is 5.92. The van der Waals surface area contributed by atoms with Gasteiger partial charge in [0.1, 0.15) is 5.69 Å². The minimum Gasteiger partial charge on any atom is -0.352 e. The smallest absolute Gasteiger partial charge is 0.269 e. The third-order valence-electron chi connectivity index (χ3n) is 2.85. The van der Waals surface area contributed by atoms with Crippen LogP contribution in [0.5, 0.6) is 0 Å². The van der Waals surface area contributed by atoms with Gasteiger partial charge in [-0.2, -0.15) is 0 Å². The summed E-state index contributed by atoms with van der Waals surface area (Å²) in [7, 11) is 0. The van der Waals surface area contributed by atoms with Gasteiger partial charge in [0.2, 0.25) is 0 Å². The second kappa shape index (κ2) is 6.93. The molecule has 0 fully saturated rings. The summed E-state index contributed by atoms with van der Waals surface area (Å²) >= 11 is 0. The lowest BCUT2D eigenvalue weighted by atomic mass is 10.2. The number of halogens is 3. The highest BCUT2D eigenvalue weighted by atomic mass is 19.2. The van der Waals surface area contributed by atoms with Crippen LogP contribution in [0.1, 0.15) is 23.8 Å². The molecule has 0 saturated carbocycles. The second-order valence-corrected chi connectivity index (χ2v) is 4.54. The Bertz CT molecular complexity index is 674. The Kier molecular flexibility index (Phi) is 4.98. The number of nitrogens with one attached hydrogen (secondary N) is 2. The molecule has 1 aromatic heterocycles. The van der Waals surface area contributed by atoms with Crippen LogP contribution >= 0.6 is 0 Å². The topological polar surface area (TPSA) is 54.0 Å². The zero-order valence-corrected chi connectivity index (χ0v) is 11.8. The normalized spacial score (nSPS) is 10.4. The molecule has 0 aliphatic carbocycles. The standard InChI is InChI=1S/C15H14F3N3O/c1-2-7-19-15(22)12-5-3-9(8-20-12)21-11-6-4-10(16)13(17)14(11)18/h3-6,8,21H,2,7H2,1H3,(H,19,22). The molecule has 2 aromatic rings. The third-order valence-corrected chi connectivity index (χ3v) is 2.85. The van der Waals surface area contributed by atoms with Gasteiger partial charge in [-0.3, -0.25) is 4.79 Å². The van der Waals surface area contributed by atoms with Crippen LogP contribution in [0.3, 0.4) is 0 Å². The SMILES string of the molecule is CCCNC(=O)c1ccc(Nc2ccc(F)c(F)c2F)cn1. The molecule has 0 spiro atoms.